The second-order valence-corrected chi connectivity index (χ2v) is 11.4. The van der Waals surface area contributed by atoms with Crippen molar-refractivity contribution in [2.24, 2.45) is 5.92 Å². The van der Waals surface area contributed by atoms with Crippen molar-refractivity contribution in [1.29, 1.82) is 0 Å². The number of aryl methyl sites for hydroxylation is 1. The standard InChI is InChI=1S/C31H31N9O2/c1-42-27-12-14-39(37-27)26-11-10-25-30(36-26)40(29(35-25)23-3-2-13-33-28(23)32)21-7-8-22-19(15-21)6-9-24(22)34-20-16-38(17-20)31(41)18-4-5-18/h2-3,7-8,10-15,18,20,24,34H,4-6,9,16-17H2,1H3,(H2,32,33)/t24-/m0/s1. The van der Waals surface area contributed by atoms with E-state index in [0.29, 0.717) is 40.9 Å². The van der Waals surface area contributed by atoms with Crippen molar-refractivity contribution in [1.82, 2.24) is 39.5 Å². The lowest BCUT2D eigenvalue weighted by Gasteiger charge is -2.41. The van der Waals surface area contributed by atoms with Crippen molar-refractivity contribution in [3.8, 4) is 28.8 Å². The van der Waals surface area contributed by atoms with Gasteiger partial charge in [0.25, 0.3) is 0 Å². The average molecular weight is 562 g/mol. The summed E-state index contributed by atoms with van der Waals surface area (Å²) >= 11 is 0. The second-order valence-electron chi connectivity index (χ2n) is 11.4. The molecule has 0 radical (unpaired) electrons. The molecule has 1 saturated carbocycles. The highest BCUT2D eigenvalue weighted by Gasteiger charge is 2.40. The van der Waals surface area contributed by atoms with E-state index in [2.05, 4.69) is 38.2 Å². The van der Waals surface area contributed by atoms with Gasteiger partial charge in [0.15, 0.2) is 17.3 Å². The van der Waals surface area contributed by atoms with Crippen LogP contribution in [0.5, 0.6) is 5.88 Å². The van der Waals surface area contributed by atoms with Gasteiger partial charge in [-0.25, -0.2) is 19.6 Å². The highest BCUT2D eigenvalue weighted by Crippen LogP contribution is 2.37. The number of nitrogens with one attached hydrogen (secondary N) is 1. The van der Waals surface area contributed by atoms with Gasteiger partial charge in [-0.05, 0) is 73.2 Å². The number of hydrogen-bond donors (Lipinski definition) is 2. The lowest BCUT2D eigenvalue weighted by Crippen LogP contribution is -2.60. The average Bonchev–Trinajstić information content (AvgIpc) is 3.42. The summed E-state index contributed by atoms with van der Waals surface area (Å²) in [6.45, 7) is 1.62. The zero-order chi connectivity index (χ0) is 28.4. The van der Waals surface area contributed by atoms with Gasteiger partial charge in [-0.2, -0.15) is 0 Å². The third-order valence-electron chi connectivity index (χ3n) is 8.60. The molecule has 42 heavy (non-hydrogen) atoms. The molecule has 2 aliphatic carbocycles. The molecule has 1 amide bonds. The SMILES string of the molecule is COc1ccn(-c2ccc3nc(-c4cccnc4N)n(-c4ccc5c(c4)CC[C@@H]5NC4CN(C(=O)C5CC5)C4)c3n2)n1. The zero-order valence-electron chi connectivity index (χ0n) is 23.3. The minimum atomic E-state index is 0.282. The first kappa shape index (κ1) is 25.0. The van der Waals surface area contributed by atoms with Crippen molar-refractivity contribution >= 4 is 22.9 Å². The van der Waals surface area contributed by atoms with Gasteiger partial charge >= 0.3 is 0 Å². The van der Waals surface area contributed by atoms with Crippen LogP contribution in [-0.2, 0) is 11.2 Å². The molecule has 3 N–H and O–H groups in total. The van der Waals surface area contributed by atoms with E-state index in [-0.39, 0.29) is 12.0 Å². The van der Waals surface area contributed by atoms with Gasteiger partial charge in [0.05, 0.1) is 12.7 Å². The van der Waals surface area contributed by atoms with Crippen LogP contribution in [0.15, 0.2) is 60.9 Å². The van der Waals surface area contributed by atoms with E-state index in [9.17, 15) is 4.79 Å². The number of benzene rings is 1. The maximum Gasteiger partial charge on any atom is 0.232 e. The molecular weight excluding hydrogens is 530 g/mol. The number of nitrogens with two attached hydrogens (primary N) is 1. The summed E-state index contributed by atoms with van der Waals surface area (Å²) in [5.74, 6) is 2.88. The molecule has 8 rings (SSSR count). The smallest absolute Gasteiger partial charge is 0.232 e. The molecule has 5 aromatic rings. The van der Waals surface area contributed by atoms with Gasteiger partial charge in [-0.15, -0.1) is 5.10 Å². The maximum atomic E-state index is 12.3. The third-order valence-corrected chi connectivity index (χ3v) is 8.60. The van der Waals surface area contributed by atoms with E-state index in [0.717, 1.165) is 55.5 Å². The van der Waals surface area contributed by atoms with Gasteiger partial charge in [-0.3, -0.25) is 9.36 Å². The lowest BCUT2D eigenvalue weighted by atomic mass is 10.0. The third kappa shape index (κ3) is 4.19. The summed E-state index contributed by atoms with van der Waals surface area (Å²) in [5, 5.41) is 8.25. The number of nitrogen functional groups attached to an aromatic ring is 1. The van der Waals surface area contributed by atoms with Crippen LogP contribution in [0.2, 0.25) is 0 Å². The number of methoxy groups -OCH3 is 1. The van der Waals surface area contributed by atoms with E-state index >= 15 is 0 Å². The lowest BCUT2D eigenvalue weighted by molar-refractivity contribution is -0.137. The molecular formula is C31H31N9O2. The Kier molecular flexibility index (Phi) is 5.74. The second kappa shape index (κ2) is 9.66. The summed E-state index contributed by atoms with van der Waals surface area (Å²) in [7, 11) is 1.59. The molecule has 0 spiro atoms. The molecule has 0 bridgehead atoms. The number of ether oxygens (including phenoxy) is 1. The number of nitrogens with zero attached hydrogens (tertiary/aromatic N) is 7. The quantitative estimate of drug-likeness (QED) is 0.309. The van der Waals surface area contributed by atoms with Crippen LogP contribution in [0.4, 0.5) is 5.82 Å². The molecule has 3 aliphatic rings. The number of carbonyl (C=O) groups is 1. The Balaban J connectivity index is 1.15. The predicted octanol–water partition coefficient (Wildman–Crippen LogP) is 3.46. The Morgan fingerprint density at radius 1 is 1.07 bits per heavy atom. The molecule has 11 heteroatoms. The van der Waals surface area contributed by atoms with Crippen LogP contribution >= 0.6 is 0 Å². The molecule has 11 nitrogen and oxygen atoms in total. The number of fused-ring (bicyclic) bond motifs is 2. The van der Waals surface area contributed by atoms with Crippen molar-refractivity contribution in [3.63, 3.8) is 0 Å². The molecule has 4 aromatic heterocycles. The Hall–Kier alpha value is -4.77. The predicted molar refractivity (Wildman–Crippen MR) is 157 cm³/mol. The fourth-order valence-corrected chi connectivity index (χ4v) is 6.20. The first-order chi connectivity index (χ1) is 20.6. The van der Waals surface area contributed by atoms with Crippen LogP contribution in [0.1, 0.15) is 36.4 Å². The van der Waals surface area contributed by atoms with E-state index in [1.54, 1.807) is 24.1 Å². The van der Waals surface area contributed by atoms with E-state index in [1.165, 1.54) is 11.1 Å². The topological polar surface area (TPSA) is 129 Å². The number of pyridine rings is 2. The van der Waals surface area contributed by atoms with Crippen molar-refractivity contribution < 1.29 is 9.53 Å². The van der Waals surface area contributed by atoms with Gasteiger partial charge in [0.2, 0.25) is 11.8 Å². The monoisotopic (exact) mass is 561 g/mol. The van der Waals surface area contributed by atoms with Crippen molar-refractivity contribution in [2.75, 3.05) is 25.9 Å². The Morgan fingerprint density at radius 2 is 1.95 bits per heavy atom. The zero-order valence-corrected chi connectivity index (χ0v) is 23.3. The van der Waals surface area contributed by atoms with Crippen LogP contribution in [0.25, 0.3) is 34.1 Å². The minimum Gasteiger partial charge on any atom is -0.480 e. The molecule has 1 aromatic carbocycles. The highest BCUT2D eigenvalue weighted by molar-refractivity contribution is 5.83. The van der Waals surface area contributed by atoms with E-state index < -0.39 is 0 Å². The molecule has 1 atom stereocenters. The number of imidazole rings is 1. The first-order valence-electron chi connectivity index (χ1n) is 14.4. The Morgan fingerprint density at radius 3 is 2.74 bits per heavy atom. The van der Waals surface area contributed by atoms with Gasteiger partial charge in [-0.1, -0.05) is 6.07 Å². The van der Waals surface area contributed by atoms with Crippen LogP contribution in [-0.4, -0.2) is 66.3 Å². The number of carbonyl (C=O) groups excluding carboxylic acids is 1. The summed E-state index contributed by atoms with van der Waals surface area (Å²) in [6, 6.07) is 16.6. The highest BCUT2D eigenvalue weighted by atomic mass is 16.5. The van der Waals surface area contributed by atoms with E-state index in [4.69, 9.17) is 20.4 Å². The molecule has 2 fully saturated rings. The van der Waals surface area contributed by atoms with Gasteiger partial charge in [0, 0.05) is 55.2 Å². The number of aromatic nitrogens is 6. The summed E-state index contributed by atoms with van der Waals surface area (Å²) in [5.41, 5.74) is 12.1. The molecule has 212 valence electrons. The molecule has 0 unspecified atom stereocenters. The van der Waals surface area contributed by atoms with Gasteiger partial charge in [0.1, 0.15) is 11.3 Å². The summed E-state index contributed by atoms with van der Waals surface area (Å²) in [4.78, 5) is 28.6. The number of amides is 1. The fourth-order valence-electron chi connectivity index (χ4n) is 6.20. The number of anilines is 1. The minimum absolute atomic E-state index is 0.282. The Bertz CT molecular complexity index is 1830. The van der Waals surface area contributed by atoms with Crippen LogP contribution in [0, 0.1) is 5.92 Å². The largest absolute Gasteiger partial charge is 0.480 e. The normalized spacial score (nSPS) is 18.3. The van der Waals surface area contributed by atoms with Crippen LogP contribution < -0.4 is 15.8 Å². The summed E-state index contributed by atoms with van der Waals surface area (Å²) < 4.78 is 9.01. The summed E-state index contributed by atoms with van der Waals surface area (Å²) in [6.07, 6.45) is 7.62. The molecule has 1 aliphatic heterocycles. The molecule has 5 heterocycles. The van der Waals surface area contributed by atoms with E-state index in [1.807, 2.05) is 35.4 Å². The first-order valence-corrected chi connectivity index (χ1v) is 14.4. The van der Waals surface area contributed by atoms with Gasteiger partial charge < -0.3 is 20.7 Å². The maximum absolute atomic E-state index is 12.3. The number of rotatable bonds is 7. The molecule has 1 saturated heterocycles. The van der Waals surface area contributed by atoms with Crippen molar-refractivity contribution in [3.05, 3.63) is 72.1 Å². The fraction of sp³-hybridized carbons (Fsp3) is 0.323. The number of hydrogen-bond acceptors (Lipinski definition) is 8. The number of likely N-dealkylation sites (tertiary alicyclic amines) is 1. The van der Waals surface area contributed by atoms with Crippen LogP contribution in [0.3, 0.4) is 0 Å². The van der Waals surface area contributed by atoms with Crippen molar-refractivity contribution in [2.45, 2.75) is 37.8 Å². The Labute approximate surface area is 242 Å².